The zero-order valence-electron chi connectivity index (χ0n) is 18.7. The molecule has 31 heavy (non-hydrogen) atoms. The minimum absolute atomic E-state index is 0.267. The second-order valence-electron chi connectivity index (χ2n) is 8.16. The first kappa shape index (κ1) is 22.8. The molecule has 3 rings (SSSR count). The first-order valence-electron chi connectivity index (χ1n) is 11.7. The summed E-state index contributed by atoms with van der Waals surface area (Å²) in [4.78, 5) is 12.3. The Hall–Kier alpha value is -2.87. The van der Waals surface area contributed by atoms with E-state index in [2.05, 4.69) is 31.2 Å². The molecule has 0 amide bonds. The van der Waals surface area contributed by atoms with Gasteiger partial charge in [0.1, 0.15) is 0 Å². The fraction of sp³-hybridized carbons (Fsp3) is 0.345. The summed E-state index contributed by atoms with van der Waals surface area (Å²) >= 11 is 0. The largest absolute Gasteiger partial charge is 0.462 e. The Morgan fingerprint density at radius 2 is 1.23 bits per heavy atom. The summed E-state index contributed by atoms with van der Waals surface area (Å²) in [6.07, 6.45) is 9.86. The zero-order chi connectivity index (χ0) is 21.7. The van der Waals surface area contributed by atoms with Crippen molar-refractivity contribution in [3.8, 4) is 11.1 Å². The van der Waals surface area contributed by atoms with Crippen LogP contribution >= 0.6 is 0 Å². The maximum atomic E-state index is 12.3. The third kappa shape index (κ3) is 7.71. The van der Waals surface area contributed by atoms with Crippen LogP contribution in [-0.2, 0) is 17.6 Å². The van der Waals surface area contributed by atoms with Crippen molar-refractivity contribution < 1.29 is 9.53 Å². The van der Waals surface area contributed by atoms with Gasteiger partial charge in [-0.3, -0.25) is 0 Å². The van der Waals surface area contributed by atoms with E-state index in [0.29, 0.717) is 12.2 Å². The Balaban J connectivity index is 1.45. The van der Waals surface area contributed by atoms with Crippen molar-refractivity contribution in [2.75, 3.05) is 6.61 Å². The molecule has 3 aromatic rings. The SMILES string of the molecule is CCCCCCCCc1ccc(-c2ccc(C(=O)OCCc3ccccc3)cc2)cc1. The van der Waals surface area contributed by atoms with Gasteiger partial charge in [-0.15, -0.1) is 0 Å². The summed E-state index contributed by atoms with van der Waals surface area (Å²) in [5, 5.41) is 0. The molecule has 0 aromatic heterocycles. The Bertz CT molecular complexity index is 896. The van der Waals surface area contributed by atoms with Gasteiger partial charge in [0.25, 0.3) is 0 Å². The number of esters is 1. The van der Waals surface area contributed by atoms with Gasteiger partial charge >= 0.3 is 5.97 Å². The molecule has 162 valence electrons. The van der Waals surface area contributed by atoms with Crippen molar-refractivity contribution in [3.05, 3.63) is 95.6 Å². The molecule has 0 spiro atoms. The molecule has 0 unspecified atom stereocenters. The van der Waals surface area contributed by atoms with E-state index in [4.69, 9.17) is 4.74 Å². The second-order valence-corrected chi connectivity index (χ2v) is 8.16. The number of rotatable bonds is 12. The van der Waals surface area contributed by atoms with Crippen LogP contribution in [0.5, 0.6) is 0 Å². The van der Waals surface area contributed by atoms with Crippen LogP contribution in [0.15, 0.2) is 78.9 Å². The highest BCUT2D eigenvalue weighted by molar-refractivity contribution is 5.90. The molecule has 0 aliphatic rings. The number of carbonyl (C=O) groups is 1. The number of carbonyl (C=O) groups excluding carboxylic acids is 1. The number of hydrogen-bond donors (Lipinski definition) is 0. The normalized spacial score (nSPS) is 10.7. The summed E-state index contributed by atoms with van der Waals surface area (Å²) in [6, 6.07) is 26.6. The first-order chi connectivity index (χ1) is 15.3. The lowest BCUT2D eigenvalue weighted by Crippen LogP contribution is -2.08. The number of ether oxygens (including phenoxy) is 1. The van der Waals surface area contributed by atoms with Crippen molar-refractivity contribution in [1.29, 1.82) is 0 Å². The van der Waals surface area contributed by atoms with E-state index in [1.807, 2.05) is 54.6 Å². The lowest BCUT2D eigenvalue weighted by molar-refractivity contribution is 0.0509. The van der Waals surface area contributed by atoms with E-state index in [-0.39, 0.29) is 5.97 Å². The number of aryl methyl sites for hydroxylation is 1. The molecular weight excluding hydrogens is 380 g/mol. The second kappa shape index (κ2) is 12.7. The predicted molar refractivity (Wildman–Crippen MR) is 129 cm³/mol. The number of unbranched alkanes of at least 4 members (excludes halogenated alkanes) is 5. The van der Waals surface area contributed by atoms with Gasteiger partial charge < -0.3 is 4.74 Å². The highest BCUT2D eigenvalue weighted by atomic mass is 16.5. The first-order valence-corrected chi connectivity index (χ1v) is 11.7. The van der Waals surface area contributed by atoms with Crippen molar-refractivity contribution in [3.63, 3.8) is 0 Å². The third-order valence-corrected chi connectivity index (χ3v) is 5.69. The van der Waals surface area contributed by atoms with Crippen molar-refractivity contribution in [1.82, 2.24) is 0 Å². The van der Waals surface area contributed by atoms with Crippen LogP contribution in [-0.4, -0.2) is 12.6 Å². The standard InChI is InChI=1S/C29H34O2/c1-2-3-4-5-6-8-13-25-14-16-26(17-15-25)27-18-20-28(21-19-27)29(30)31-23-22-24-11-9-7-10-12-24/h7,9-12,14-21H,2-6,8,13,22-23H2,1H3. The molecule has 0 bridgehead atoms. The zero-order valence-corrected chi connectivity index (χ0v) is 18.7. The van der Waals surface area contributed by atoms with Crippen molar-refractivity contribution in [2.24, 2.45) is 0 Å². The molecule has 0 atom stereocenters. The van der Waals surface area contributed by atoms with Gasteiger partial charge in [0.15, 0.2) is 0 Å². The fourth-order valence-corrected chi connectivity index (χ4v) is 3.76. The monoisotopic (exact) mass is 414 g/mol. The van der Waals surface area contributed by atoms with Crippen LogP contribution in [0.2, 0.25) is 0 Å². The van der Waals surface area contributed by atoms with E-state index in [9.17, 15) is 4.79 Å². The fourth-order valence-electron chi connectivity index (χ4n) is 3.76. The van der Waals surface area contributed by atoms with Crippen molar-refractivity contribution >= 4 is 5.97 Å². The summed E-state index contributed by atoms with van der Waals surface area (Å²) in [5.41, 5.74) is 5.46. The molecule has 3 aromatic carbocycles. The van der Waals surface area contributed by atoms with E-state index in [1.54, 1.807) is 0 Å². The third-order valence-electron chi connectivity index (χ3n) is 5.69. The molecule has 0 radical (unpaired) electrons. The van der Waals surface area contributed by atoms with Gasteiger partial charge in [0.05, 0.1) is 12.2 Å². The van der Waals surface area contributed by atoms with Gasteiger partial charge in [0, 0.05) is 6.42 Å². The maximum absolute atomic E-state index is 12.3. The van der Waals surface area contributed by atoms with Gasteiger partial charge in [-0.05, 0) is 47.2 Å². The molecule has 0 fully saturated rings. The molecule has 0 saturated carbocycles. The minimum Gasteiger partial charge on any atom is -0.462 e. The average Bonchev–Trinajstić information content (AvgIpc) is 2.82. The van der Waals surface area contributed by atoms with Crippen LogP contribution < -0.4 is 0 Å². The topological polar surface area (TPSA) is 26.3 Å². The van der Waals surface area contributed by atoms with Gasteiger partial charge in [-0.2, -0.15) is 0 Å². The Morgan fingerprint density at radius 3 is 1.90 bits per heavy atom. The molecular formula is C29H34O2. The molecule has 2 heteroatoms. The Labute approximate surface area is 187 Å². The quantitative estimate of drug-likeness (QED) is 0.225. The predicted octanol–water partition coefficient (Wildman–Crippen LogP) is 7.66. The summed E-state index contributed by atoms with van der Waals surface area (Å²) in [5.74, 6) is -0.267. The Kier molecular flexibility index (Phi) is 9.37. The van der Waals surface area contributed by atoms with Crippen LogP contribution in [0, 0.1) is 0 Å². The maximum Gasteiger partial charge on any atom is 0.338 e. The van der Waals surface area contributed by atoms with Crippen LogP contribution in [0.3, 0.4) is 0 Å². The van der Waals surface area contributed by atoms with Crippen LogP contribution in [0.4, 0.5) is 0 Å². The molecule has 0 heterocycles. The van der Waals surface area contributed by atoms with E-state index in [0.717, 1.165) is 18.4 Å². The van der Waals surface area contributed by atoms with Crippen LogP contribution in [0.25, 0.3) is 11.1 Å². The highest BCUT2D eigenvalue weighted by Crippen LogP contribution is 2.21. The molecule has 0 aliphatic carbocycles. The smallest absolute Gasteiger partial charge is 0.338 e. The van der Waals surface area contributed by atoms with Gasteiger partial charge in [-0.25, -0.2) is 4.79 Å². The summed E-state index contributed by atoms with van der Waals surface area (Å²) < 4.78 is 5.42. The van der Waals surface area contributed by atoms with E-state index < -0.39 is 0 Å². The molecule has 0 N–H and O–H groups in total. The van der Waals surface area contributed by atoms with E-state index in [1.165, 1.54) is 55.2 Å². The lowest BCUT2D eigenvalue weighted by atomic mass is 10.00. The molecule has 0 aliphatic heterocycles. The number of hydrogen-bond acceptors (Lipinski definition) is 2. The van der Waals surface area contributed by atoms with E-state index >= 15 is 0 Å². The summed E-state index contributed by atoms with van der Waals surface area (Å²) in [7, 11) is 0. The molecule has 0 saturated heterocycles. The van der Waals surface area contributed by atoms with Crippen molar-refractivity contribution in [2.45, 2.75) is 58.3 Å². The minimum atomic E-state index is -0.267. The lowest BCUT2D eigenvalue weighted by Gasteiger charge is -2.07. The summed E-state index contributed by atoms with van der Waals surface area (Å²) in [6.45, 7) is 2.65. The average molecular weight is 415 g/mol. The Morgan fingerprint density at radius 1 is 0.645 bits per heavy atom. The number of benzene rings is 3. The van der Waals surface area contributed by atoms with Gasteiger partial charge in [0.2, 0.25) is 0 Å². The molecule has 2 nitrogen and oxygen atoms in total. The highest BCUT2D eigenvalue weighted by Gasteiger charge is 2.08. The van der Waals surface area contributed by atoms with Crippen LogP contribution in [0.1, 0.15) is 66.9 Å². The van der Waals surface area contributed by atoms with Gasteiger partial charge in [-0.1, -0.05) is 106 Å².